The Morgan fingerprint density at radius 2 is 2.06 bits per heavy atom. The average Bonchev–Trinajstić information content (AvgIpc) is 2.27. The highest BCUT2D eigenvalue weighted by molar-refractivity contribution is 9.10. The molecular weight excluding hydrogens is 302 g/mol. The summed E-state index contributed by atoms with van der Waals surface area (Å²) in [4.78, 5) is 2.25. The van der Waals surface area contributed by atoms with Crippen LogP contribution in [0.25, 0.3) is 0 Å². The van der Waals surface area contributed by atoms with Crippen molar-refractivity contribution >= 4 is 27.5 Å². The summed E-state index contributed by atoms with van der Waals surface area (Å²) in [6.45, 7) is 1.90. The van der Waals surface area contributed by atoms with Crippen LogP contribution >= 0.6 is 27.5 Å². The maximum absolute atomic E-state index is 10.5. The molecule has 0 spiro atoms. The molecule has 1 N–H and O–H groups in total. The van der Waals surface area contributed by atoms with Gasteiger partial charge in [0.2, 0.25) is 0 Å². The van der Waals surface area contributed by atoms with Crippen molar-refractivity contribution in [1.29, 1.82) is 0 Å². The van der Waals surface area contributed by atoms with E-state index >= 15 is 0 Å². The number of likely N-dealkylation sites (tertiary alicyclic amines) is 1. The molecule has 1 fully saturated rings. The maximum atomic E-state index is 10.5. The molecule has 0 radical (unpaired) electrons. The monoisotopic (exact) mass is 317 g/mol. The second kappa shape index (κ2) is 5.27. The SMILES string of the molecule is CN1CCC(O)(Cc2ccc(Br)cc2Cl)CC1. The van der Waals surface area contributed by atoms with Crippen LogP contribution < -0.4 is 0 Å². The first-order valence-corrected chi connectivity index (χ1v) is 7.00. The minimum Gasteiger partial charge on any atom is -0.389 e. The minimum atomic E-state index is -0.593. The third-order valence-electron chi connectivity index (χ3n) is 3.45. The molecule has 17 heavy (non-hydrogen) atoms. The molecule has 1 saturated heterocycles. The van der Waals surface area contributed by atoms with Gasteiger partial charge in [-0.05, 0) is 37.6 Å². The summed E-state index contributed by atoms with van der Waals surface area (Å²) in [5.74, 6) is 0. The van der Waals surface area contributed by atoms with Gasteiger partial charge in [0.05, 0.1) is 5.60 Å². The molecule has 1 aliphatic rings. The highest BCUT2D eigenvalue weighted by Gasteiger charge is 2.31. The molecule has 0 aliphatic carbocycles. The summed E-state index contributed by atoms with van der Waals surface area (Å²) < 4.78 is 0.974. The summed E-state index contributed by atoms with van der Waals surface area (Å²) >= 11 is 9.58. The Balaban J connectivity index is 2.09. The normalized spacial score (nSPS) is 20.5. The smallest absolute Gasteiger partial charge is 0.0712 e. The first-order chi connectivity index (χ1) is 7.98. The van der Waals surface area contributed by atoms with Crippen LogP contribution in [0.2, 0.25) is 5.02 Å². The third kappa shape index (κ3) is 3.44. The Bertz CT molecular complexity index is 402. The van der Waals surface area contributed by atoms with E-state index in [0.29, 0.717) is 6.42 Å². The van der Waals surface area contributed by atoms with Crippen LogP contribution in [0.5, 0.6) is 0 Å². The summed E-state index contributed by atoms with van der Waals surface area (Å²) in [5.41, 5.74) is 0.436. The number of hydrogen-bond donors (Lipinski definition) is 1. The largest absolute Gasteiger partial charge is 0.389 e. The molecule has 0 aromatic heterocycles. The molecule has 0 bridgehead atoms. The van der Waals surface area contributed by atoms with Crippen molar-refractivity contribution in [3.8, 4) is 0 Å². The van der Waals surface area contributed by atoms with E-state index in [4.69, 9.17) is 11.6 Å². The fourth-order valence-electron chi connectivity index (χ4n) is 2.23. The van der Waals surface area contributed by atoms with Crippen LogP contribution in [-0.4, -0.2) is 35.7 Å². The Morgan fingerprint density at radius 1 is 1.41 bits per heavy atom. The highest BCUT2D eigenvalue weighted by atomic mass is 79.9. The summed E-state index contributed by atoms with van der Waals surface area (Å²) in [7, 11) is 2.09. The standard InChI is InChI=1S/C13H17BrClNO/c1-16-6-4-13(17,5-7-16)9-10-2-3-11(14)8-12(10)15/h2-3,8,17H,4-7,9H2,1H3. The molecule has 0 atom stereocenters. The second-order valence-corrected chi connectivity index (χ2v) is 6.26. The van der Waals surface area contributed by atoms with E-state index in [1.807, 2.05) is 18.2 Å². The molecule has 4 heteroatoms. The molecule has 0 unspecified atom stereocenters. The van der Waals surface area contributed by atoms with E-state index < -0.39 is 5.60 Å². The quantitative estimate of drug-likeness (QED) is 0.906. The van der Waals surface area contributed by atoms with E-state index in [1.54, 1.807) is 0 Å². The number of nitrogens with zero attached hydrogens (tertiary/aromatic N) is 1. The van der Waals surface area contributed by atoms with Gasteiger partial charge in [0.15, 0.2) is 0 Å². The van der Waals surface area contributed by atoms with Crippen LogP contribution in [0.15, 0.2) is 22.7 Å². The van der Waals surface area contributed by atoms with Gasteiger partial charge in [-0.25, -0.2) is 0 Å². The Hall–Kier alpha value is -0.0900. The van der Waals surface area contributed by atoms with Crippen LogP contribution in [0, 0.1) is 0 Å². The van der Waals surface area contributed by atoms with Gasteiger partial charge in [0.1, 0.15) is 0 Å². The topological polar surface area (TPSA) is 23.5 Å². The zero-order valence-corrected chi connectivity index (χ0v) is 12.3. The zero-order chi connectivity index (χ0) is 12.5. The predicted octanol–water partition coefficient (Wildman–Crippen LogP) is 3.10. The molecule has 2 nitrogen and oxygen atoms in total. The Morgan fingerprint density at radius 3 is 2.65 bits per heavy atom. The van der Waals surface area contributed by atoms with Gasteiger partial charge in [-0.15, -0.1) is 0 Å². The van der Waals surface area contributed by atoms with E-state index in [9.17, 15) is 5.11 Å². The number of piperidine rings is 1. The fraction of sp³-hybridized carbons (Fsp3) is 0.538. The van der Waals surface area contributed by atoms with Gasteiger partial charge in [0.25, 0.3) is 0 Å². The predicted molar refractivity (Wildman–Crippen MR) is 74.5 cm³/mol. The molecule has 2 rings (SSSR count). The average molecular weight is 319 g/mol. The molecule has 1 heterocycles. The van der Waals surface area contributed by atoms with Crippen molar-refractivity contribution < 1.29 is 5.11 Å². The lowest BCUT2D eigenvalue weighted by Crippen LogP contribution is -2.44. The van der Waals surface area contributed by atoms with Gasteiger partial charge < -0.3 is 10.0 Å². The van der Waals surface area contributed by atoms with Gasteiger partial charge in [-0.2, -0.15) is 0 Å². The van der Waals surface area contributed by atoms with Crippen molar-refractivity contribution in [3.63, 3.8) is 0 Å². The number of rotatable bonds is 2. The molecule has 0 saturated carbocycles. The van der Waals surface area contributed by atoms with E-state index in [0.717, 1.165) is 41.0 Å². The van der Waals surface area contributed by atoms with Crippen molar-refractivity contribution in [1.82, 2.24) is 4.90 Å². The van der Waals surface area contributed by atoms with Crippen molar-refractivity contribution in [2.45, 2.75) is 24.9 Å². The molecular formula is C13H17BrClNO. The highest BCUT2D eigenvalue weighted by Crippen LogP contribution is 2.30. The zero-order valence-electron chi connectivity index (χ0n) is 9.92. The van der Waals surface area contributed by atoms with Gasteiger partial charge in [0, 0.05) is 29.0 Å². The van der Waals surface area contributed by atoms with Gasteiger partial charge in [-0.3, -0.25) is 0 Å². The number of halogens is 2. The molecule has 1 aromatic carbocycles. The van der Waals surface area contributed by atoms with Crippen molar-refractivity contribution in [3.05, 3.63) is 33.3 Å². The maximum Gasteiger partial charge on any atom is 0.0712 e. The Labute approximate surface area is 116 Å². The van der Waals surface area contributed by atoms with E-state index in [2.05, 4.69) is 27.9 Å². The summed E-state index contributed by atoms with van der Waals surface area (Å²) in [6, 6.07) is 5.84. The lowest BCUT2D eigenvalue weighted by molar-refractivity contribution is -0.0150. The molecule has 94 valence electrons. The van der Waals surface area contributed by atoms with E-state index in [1.165, 1.54) is 0 Å². The fourth-order valence-corrected chi connectivity index (χ4v) is 2.97. The van der Waals surface area contributed by atoms with Gasteiger partial charge >= 0.3 is 0 Å². The Kier molecular flexibility index (Phi) is 4.14. The molecule has 0 amide bonds. The van der Waals surface area contributed by atoms with E-state index in [-0.39, 0.29) is 0 Å². The van der Waals surface area contributed by atoms with Gasteiger partial charge in [-0.1, -0.05) is 33.6 Å². The van der Waals surface area contributed by atoms with Crippen molar-refractivity contribution in [2.75, 3.05) is 20.1 Å². The number of aliphatic hydroxyl groups is 1. The van der Waals surface area contributed by atoms with Crippen LogP contribution in [0.3, 0.4) is 0 Å². The lowest BCUT2D eigenvalue weighted by atomic mass is 9.85. The number of hydrogen-bond acceptors (Lipinski definition) is 2. The summed E-state index contributed by atoms with van der Waals surface area (Å²) in [5, 5.41) is 11.3. The number of benzene rings is 1. The van der Waals surface area contributed by atoms with Crippen LogP contribution in [0.1, 0.15) is 18.4 Å². The summed E-state index contributed by atoms with van der Waals surface area (Å²) in [6.07, 6.45) is 2.28. The third-order valence-corrected chi connectivity index (χ3v) is 4.30. The molecule has 1 aliphatic heterocycles. The second-order valence-electron chi connectivity index (χ2n) is 4.94. The van der Waals surface area contributed by atoms with Crippen LogP contribution in [-0.2, 0) is 6.42 Å². The van der Waals surface area contributed by atoms with Crippen LogP contribution in [0.4, 0.5) is 0 Å². The minimum absolute atomic E-state index is 0.593. The molecule has 1 aromatic rings. The lowest BCUT2D eigenvalue weighted by Gasteiger charge is -2.36. The first kappa shape index (κ1) is 13.3. The van der Waals surface area contributed by atoms with Crippen molar-refractivity contribution in [2.24, 2.45) is 0 Å². The first-order valence-electron chi connectivity index (χ1n) is 5.83.